The van der Waals surface area contributed by atoms with Crippen LogP contribution in [0.25, 0.3) is 0 Å². The number of carbonyl (C=O) groups is 1. The number of ether oxygens (including phenoxy) is 2. The van der Waals surface area contributed by atoms with Crippen LogP contribution in [0.15, 0.2) is 18.2 Å². The number of benzene rings is 1. The van der Waals surface area contributed by atoms with Crippen LogP contribution in [0, 0.1) is 0 Å². The molecule has 2 heterocycles. The predicted molar refractivity (Wildman–Crippen MR) is 88.7 cm³/mol. The Morgan fingerprint density at radius 2 is 2.09 bits per heavy atom. The molecule has 2 aliphatic heterocycles. The summed E-state index contributed by atoms with van der Waals surface area (Å²) in [6.45, 7) is 7.72. The van der Waals surface area contributed by atoms with Crippen molar-refractivity contribution >= 4 is 5.91 Å². The predicted octanol–water partition coefficient (Wildman–Crippen LogP) is 2.12. The molecule has 0 aromatic heterocycles. The zero-order valence-corrected chi connectivity index (χ0v) is 14.2. The van der Waals surface area contributed by atoms with E-state index in [0.29, 0.717) is 0 Å². The lowest BCUT2D eigenvalue weighted by Gasteiger charge is -2.34. The number of hydrogen-bond acceptors (Lipinski definition) is 4. The Labute approximate surface area is 137 Å². The quantitative estimate of drug-likeness (QED) is 0.923. The van der Waals surface area contributed by atoms with Gasteiger partial charge in [-0.15, -0.1) is 0 Å². The molecule has 1 unspecified atom stereocenters. The molecule has 0 radical (unpaired) electrons. The van der Waals surface area contributed by atoms with Crippen molar-refractivity contribution < 1.29 is 14.3 Å². The average Bonchev–Trinajstić information content (AvgIpc) is 2.82. The van der Waals surface area contributed by atoms with Crippen molar-refractivity contribution in [1.29, 1.82) is 0 Å². The van der Waals surface area contributed by atoms with Crippen LogP contribution >= 0.6 is 0 Å². The lowest BCUT2D eigenvalue weighted by molar-refractivity contribution is -0.123. The minimum atomic E-state index is -0.263. The van der Waals surface area contributed by atoms with E-state index < -0.39 is 0 Å². The summed E-state index contributed by atoms with van der Waals surface area (Å²) in [5.41, 5.74) is 6.43. The summed E-state index contributed by atoms with van der Waals surface area (Å²) >= 11 is 0. The number of piperidine rings is 1. The number of hydrogen-bond donors (Lipinski definition) is 1. The number of rotatable bonds is 4. The highest BCUT2D eigenvalue weighted by Crippen LogP contribution is 2.42. The van der Waals surface area contributed by atoms with Crippen molar-refractivity contribution in [3.63, 3.8) is 0 Å². The number of amides is 1. The third kappa shape index (κ3) is 3.44. The molecule has 23 heavy (non-hydrogen) atoms. The molecular weight excluding hydrogens is 292 g/mol. The normalized spacial score (nSPS) is 22.2. The lowest BCUT2D eigenvalue weighted by Crippen LogP contribution is -2.48. The maximum Gasteiger partial charge on any atom is 0.234 e. The molecule has 1 saturated heterocycles. The van der Waals surface area contributed by atoms with E-state index in [1.807, 2.05) is 19.1 Å². The molecule has 2 aliphatic rings. The van der Waals surface area contributed by atoms with E-state index in [1.54, 1.807) is 0 Å². The summed E-state index contributed by atoms with van der Waals surface area (Å²) in [6, 6.07) is 5.91. The number of nitrogens with zero attached hydrogens (tertiary/aromatic N) is 1. The van der Waals surface area contributed by atoms with E-state index in [0.717, 1.165) is 43.9 Å². The molecule has 1 atom stereocenters. The van der Waals surface area contributed by atoms with E-state index >= 15 is 0 Å². The average molecular weight is 318 g/mol. The zero-order valence-electron chi connectivity index (χ0n) is 14.2. The highest BCUT2D eigenvalue weighted by Gasteiger charge is 2.33. The van der Waals surface area contributed by atoms with Gasteiger partial charge < -0.3 is 15.2 Å². The third-order valence-electron chi connectivity index (χ3n) is 4.78. The van der Waals surface area contributed by atoms with Crippen molar-refractivity contribution in [3.05, 3.63) is 23.8 Å². The second-order valence-electron chi connectivity index (χ2n) is 7.21. The summed E-state index contributed by atoms with van der Waals surface area (Å²) in [5, 5.41) is 0. The highest BCUT2D eigenvalue weighted by molar-refractivity contribution is 5.79. The molecule has 3 rings (SSSR count). The van der Waals surface area contributed by atoms with E-state index in [1.165, 1.54) is 5.56 Å². The van der Waals surface area contributed by atoms with Gasteiger partial charge in [0.05, 0.1) is 6.04 Å². The summed E-state index contributed by atoms with van der Waals surface area (Å²) in [4.78, 5) is 13.4. The van der Waals surface area contributed by atoms with E-state index in [4.69, 9.17) is 15.2 Å². The van der Waals surface area contributed by atoms with Crippen LogP contribution in [0.4, 0.5) is 0 Å². The van der Waals surface area contributed by atoms with Crippen molar-refractivity contribution in [1.82, 2.24) is 4.90 Å². The van der Waals surface area contributed by atoms with Gasteiger partial charge in [0.15, 0.2) is 11.5 Å². The van der Waals surface area contributed by atoms with Gasteiger partial charge in [0.25, 0.3) is 0 Å². The molecule has 1 fully saturated rings. The number of likely N-dealkylation sites (tertiary alicyclic amines) is 1. The topological polar surface area (TPSA) is 64.8 Å². The maximum absolute atomic E-state index is 11.3. The first-order valence-electron chi connectivity index (χ1n) is 8.37. The van der Waals surface area contributed by atoms with Crippen molar-refractivity contribution in [2.24, 2.45) is 5.73 Å². The number of para-hydroxylation sites is 1. The number of primary amides is 1. The van der Waals surface area contributed by atoms with E-state index in [9.17, 15) is 4.79 Å². The Morgan fingerprint density at radius 3 is 2.74 bits per heavy atom. The van der Waals surface area contributed by atoms with Crippen LogP contribution in [0.5, 0.6) is 11.5 Å². The molecule has 5 nitrogen and oxygen atoms in total. The highest BCUT2D eigenvalue weighted by atomic mass is 16.5. The van der Waals surface area contributed by atoms with Gasteiger partial charge in [-0.3, -0.25) is 9.69 Å². The molecule has 0 aliphatic carbocycles. The van der Waals surface area contributed by atoms with Gasteiger partial charge in [-0.25, -0.2) is 0 Å². The summed E-state index contributed by atoms with van der Waals surface area (Å²) < 4.78 is 12.3. The minimum absolute atomic E-state index is 0.158. The molecule has 0 bridgehead atoms. The minimum Gasteiger partial charge on any atom is -0.486 e. The van der Waals surface area contributed by atoms with Crippen LogP contribution in [0.3, 0.4) is 0 Å². The Bertz CT molecular complexity index is 592. The number of fused-ring (bicyclic) bond motifs is 1. The lowest BCUT2D eigenvalue weighted by atomic mass is 10.0. The monoisotopic (exact) mass is 318 g/mol. The summed E-state index contributed by atoms with van der Waals surface area (Å²) in [7, 11) is 0. The van der Waals surface area contributed by atoms with E-state index in [2.05, 4.69) is 24.8 Å². The van der Waals surface area contributed by atoms with Crippen molar-refractivity contribution in [2.45, 2.75) is 57.8 Å². The van der Waals surface area contributed by atoms with Gasteiger partial charge >= 0.3 is 0 Å². The number of carbonyl (C=O) groups excluding carboxylic acids is 1. The second kappa shape index (κ2) is 6.04. The first kappa shape index (κ1) is 16.1. The first-order valence-corrected chi connectivity index (χ1v) is 8.37. The van der Waals surface area contributed by atoms with Gasteiger partial charge in [-0.1, -0.05) is 12.1 Å². The van der Waals surface area contributed by atoms with E-state index in [-0.39, 0.29) is 23.7 Å². The van der Waals surface area contributed by atoms with Crippen LogP contribution in [0.2, 0.25) is 0 Å². The molecule has 1 aromatic rings. The van der Waals surface area contributed by atoms with Crippen LogP contribution in [-0.2, 0) is 11.2 Å². The zero-order chi connectivity index (χ0) is 16.6. The Morgan fingerprint density at radius 1 is 1.39 bits per heavy atom. The summed E-state index contributed by atoms with van der Waals surface area (Å²) in [5.74, 6) is 1.47. The Hall–Kier alpha value is -1.75. The van der Waals surface area contributed by atoms with Gasteiger partial charge in [0.2, 0.25) is 5.91 Å². The SMILES string of the molecule is CC(C(N)=O)N1CCC(Oc2cccc3c2OC(C)(C)C3)CC1. The standard InChI is InChI=1S/C18H26N2O3/c1-12(17(19)21)20-9-7-14(8-10-20)22-15-6-4-5-13-11-18(2,3)23-16(13)15/h4-6,12,14H,7-11H2,1-3H3,(H2,19,21). The van der Waals surface area contributed by atoms with Gasteiger partial charge in [-0.05, 0) is 39.7 Å². The summed E-state index contributed by atoms with van der Waals surface area (Å²) in [6.07, 6.45) is 2.86. The molecule has 0 saturated carbocycles. The third-order valence-corrected chi connectivity index (χ3v) is 4.78. The first-order chi connectivity index (χ1) is 10.9. The largest absolute Gasteiger partial charge is 0.486 e. The fourth-order valence-electron chi connectivity index (χ4n) is 3.42. The number of nitrogens with two attached hydrogens (primary N) is 1. The molecule has 0 spiro atoms. The second-order valence-corrected chi connectivity index (χ2v) is 7.21. The van der Waals surface area contributed by atoms with Gasteiger partial charge in [0.1, 0.15) is 11.7 Å². The van der Waals surface area contributed by atoms with Crippen molar-refractivity contribution in [2.75, 3.05) is 13.1 Å². The molecule has 1 amide bonds. The van der Waals surface area contributed by atoms with Crippen molar-refractivity contribution in [3.8, 4) is 11.5 Å². The fraction of sp³-hybridized carbons (Fsp3) is 0.611. The Kier molecular flexibility index (Phi) is 4.23. The maximum atomic E-state index is 11.3. The van der Waals surface area contributed by atoms with Gasteiger partial charge in [-0.2, -0.15) is 0 Å². The fourth-order valence-corrected chi connectivity index (χ4v) is 3.42. The van der Waals surface area contributed by atoms with Gasteiger partial charge in [0, 0.05) is 25.1 Å². The Balaban J connectivity index is 1.63. The molecule has 126 valence electrons. The molecular formula is C18H26N2O3. The van der Waals surface area contributed by atoms with Crippen LogP contribution in [-0.4, -0.2) is 41.6 Å². The smallest absolute Gasteiger partial charge is 0.234 e. The molecule has 1 aromatic carbocycles. The van der Waals surface area contributed by atoms with Crippen LogP contribution < -0.4 is 15.2 Å². The molecule has 2 N–H and O–H groups in total. The van der Waals surface area contributed by atoms with Crippen LogP contribution in [0.1, 0.15) is 39.2 Å². The molecule has 5 heteroatoms.